The molecule has 0 amide bonds. The maximum Gasteiger partial charge on any atom is 0.288 e. The molecule has 0 aromatic heterocycles. The number of benzene rings is 1. The summed E-state index contributed by atoms with van der Waals surface area (Å²) >= 11 is 0.624. The van der Waals surface area contributed by atoms with Crippen molar-refractivity contribution in [3.63, 3.8) is 0 Å². The van der Waals surface area contributed by atoms with Crippen molar-refractivity contribution in [2.75, 3.05) is 0 Å². The highest BCUT2D eigenvalue weighted by Crippen LogP contribution is 2.37. The van der Waals surface area contributed by atoms with Crippen LogP contribution in [0, 0.1) is 5.92 Å². The Balaban J connectivity index is 1.93. The van der Waals surface area contributed by atoms with Crippen molar-refractivity contribution in [3.05, 3.63) is 29.8 Å². The molecule has 0 spiro atoms. The van der Waals surface area contributed by atoms with E-state index in [1.165, 1.54) is 37.7 Å². The molecule has 1 saturated carbocycles. The number of thioether (sulfide) groups is 1. The SMILES string of the molecule is CCC1CCC(c2ccc(SC(F)F)cc2)CC1. The molecule has 0 unspecified atom stereocenters. The van der Waals surface area contributed by atoms with Gasteiger partial charge in [0.05, 0.1) is 0 Å². The van der Waals surface area contributed by atoms with Gasteiger partial charge in [0.2, 0.25) is 0 Å². The van der Waals surface area contributed by atoms with Crippen LogP contribution < -0.4 is 0 Å². The van der Waals surface area contributed by atoms with Gasteiger partial charge in [-0.1, -0.05) is 37.2 Å². The lowest BCUT2D eigenvalue weighted by atomic mass is 9.78. The fourth-order valence-electron chi connectivity index (χ4n) is 2.83. The molecule has 2 rings (SSSR count). The highest BCUT2D eigenvalue weighted by atomic mass is 32.2. The zero-order valence-electron chi connectivity index (χ0n) is 10.7. The van der Waals surface area contributed by atoms with Crippen LogP contribution in [0.2, 0.25) is 0 Å². The van der Waals surface area contributed by atoms with Crippen LogP contribution in [0.4, 0.5) is 8.78 Å². The van der Waals surface area contributed by atoms with Crippen molar-refractivity contribution < 1.29 is 8.78 Å². The van der Waals surface area contributed by atoms with E-state index in [1.807, 2.05) is 24.3 Å². The van der Waals surface area contributed by atoms with E-state index in [4.69, 9.17) is 0 Å². The summed E-state index contributed by atoms with van der Waals surface area (Å²) in [6, 6.07) is 7.72. The van der Waals surface area contributed by atoms with E-state index >= 15 is 0 Å². The van der Waals surface area contributed by atoms with Crippen molar-refractivity contribution >= 4 is 11.8 Å². The fraction of sp³-hybridized carbons (Fsp3) is 0.600. The third-order valence-electron chi connectivity index (χ3n) is 4.00. The van der Waals surface area contributed by atoms with Gasteiger partial charge in [-0.25, -0.2) is 0 Å². The van der Waals surface area contributed by atoms with Gasteiger partial charge in [0.15, 0.2) is 0 Å². The highest BCUT2D eigenvalue weighted by molar-refractivity contribution is 7.99. The molecule has 0 saturated heterocycles. The van der Waals surface area contributed by atoms with Crippen LogP contribution in [0.3, 0.4) is 0 Å². The zero-order valence-corrected chi connectivity index (χ0v) is 11.6. The molecule has 100 valence electrons. The maximum absolute atomic E-state index is 12.2. The van der Waals surface area contributed by atoms with Crippen LogP contribution in [0.25, 0.3) is 0 Å². The van der Waals surface area contributed by atoms with E-state index in [-0.39, 0.29) is 0 Å². The number of rotatable bonds is 4. The minimum Gasteiger partial charge on any atom is -0.198 e. The van der Waals surface area contributed by atoms with Gasteiger partial charge in [-0.05, 0) is 55.2 Å². The van der Waals surface area contributed by atoms with Crippen molar-refractivity contribution in [3.8, 4) is 0 Å². The normalized spacial score (nSPS) is 24.4. The lowest BCUT2D eigenvalue weighted by Crippen LogP contribution is -2.12. The number of hydrogen-bond donors (Lipinski definition) is 0. The fourth-order valence-corrected chi connectivity index (χ4v) is 3.32. The van der Waals surface area contributed by atoms with Gasteiger partial charge in [-0.15, -0.1) is 0 Å². The first-order chi connectivity index (χ1) is 8.69. The summed E-state index contributed by atoms with van der Waals surface area (Å²) in [4.78, 5) is 0.663. The lowest BCUT2D eigenvalue weighted by molar-refractivity contribution is 0.252. The average molecular weight is 270 g/mol. The third kappa shape index (κ3) is 3.71. The molecule has 1 aliphatic carbocycles. The van der Waals surface area contributed by atoms with E-state index in [0.29, 0.717) is 22.6 Å². The molecule has 0 heterocycles. The third-order valence-corrected chi connectivity index (χ3v) is 4.72. The first-order valence-corrected chi connectivity index (χ1v) is 7.61. The Bertz CT molecular complexity index is 353. The van der Waals surface area contributed by atoms with Gasteiger partial charge in [-0.3, -0.25) is 0 Å². The Morgan fingerprint density at radius 3 is 2.22 bits per heavy atom. The van der Waals surface area contributed by atoms with Gasteiger partial charge < -0.3 is 0 Å². The van der Waals surface area contributed by atoms with Gasteiger partial charge in [-0.2, -0.15) is 8.78 Å². The van der Waals surface area contributed by atoms with E-state index in [9.17, 15) is 8.78 Å². The van der Waals surface area contributed by atoms with E-state index in [0.717, 1.165) is 5.92 Å². The van der Waals surface area contributed by atoms with Crippen LogP contribution in [0.1, 0.15) is 50.5 Å². The highest BCUT2D eigenvalue weighted by Gasteiger charge is 2.21. The second kappa shape index (κ2) is 6.55. The zero-order chi connectivity index (χ0) is 13.0. The van der Waals surface area contributed by atoms with Crippen molar-refractivity contribution in [2.45, 2.75) is 55.6 Å². The second-order valence-electron chi connectivity index (χ2n) is 5.07. The average Bonchev–Trinajstić information content (AvgIpc) is 2.39. The molecule has 1 fully saturated rings. The Hall–Kier alpha value is -0.570. The molecule has 0 radical (unpaired) electrons. The number of alkyl halides is 2. The Morgan fingerprint density at radius 2 is 1.72 bits per heavy atom. The Kier molecular flexibility index (Phi) is 5.04. The van der Waals surface area contributed by atoms with E-state index in [1.54, 1.807) is 0 Å². The lowest BCUT2D eigenvalue weighted by Gasteiger charge is -2.28. The standard InChI is InChI=1S/C15H20F2S/c1-2-11-3-5-12(6-4-11)13-7-9-14(10-8-13)18-15(16)17/h7-12,15H,2-6H2,1H3. The van der Waals surface area contributed by atoms with Crippen LogP contribution in [0.5, 0.6) is 0 Å². The quantitative estimate of drug-likeness (QED) is 0.634. The minimum absolute atomic E-state index is 0.624. The summed E-state index contributed by atoms with van der Waals surface area (Å²) in [5.41, 5.74) is 1.32. The summed E-state index contributed by atoms with van der Waals surface area (Å²) in [5, 5.41) is 0. The number of hydrogen-bond acceptors (Lipinski definition) is 1. The van der Waals surface area contributed by atoms with Crippen LogP contribution in [0.15, 0.2) is 29.2 Å². The van der Waals surface area contributed by atoms with Crippen molar-refractivity contribution in [2.24, 2.45) is 5.92 Å². The van der Waals surface area contributed by atoms with Gasteiger partial charge in [0.25, 0.3) is 5.76 Å². The van der Waals surface area contributed by atoms with Gasteiger partial charge in [0.1, 0.15) is 0 Å². The summed E-state index contributed by atoms with van der Waals surface area (Å²) in [6.45, 7) is 2.27. The molecule has 1 aliphatic rings. The molecule has 0 nitrogen and oxygen atoms in total. The molecule has 3 heteroatoms. The van der Waals surface area contributed by atoms with Crippen LogP contribution in [-0.4, -0.2) is 5.76 Å². The minimum atomic E-state index is -2.32. The topological polar surface area (TPSA) is 0 Å². The first-order valence-electron chi connectivity index (χ1n) is 6.73. The number of halogens is 2. The summed E-state index contributed by atoms with van der Waals surface area (Å²) in [5.74, 6) is -0.788. The molecule has 1 aromatic carbocycles. The van der Waals surface area contributed by atoms with Crippen molar-refractivity contribution in [1.29, 1.82) is 0 Å². The van der Waals surface area contributed by atoms with Crippen LogP contribution >= 0.6 is 11.8 Å². The molecule has 0 N–H and O–H groups in total. The summed E-state index contributed by atoms with van der Waals surface area (Å²) in [7, 11) is 0. The smallest absolute Gasteiger partial charge is 0.198 e. The largest absolute Gasteiger partial charge is 0.288 e. The Labute approximate surface area is 112 Å². The van der Waals surface area contributed by atoms with E-state index < -0.39 is 5.76 Å². The van der Waals surface area contributed by atoms with Crippen LogP contribution in [-0.2, 0) is 0 Å². The molecule has 0 bridgehead atoms. The predicted molar refractivity (Wildman–Crippen MR) is 73.3 cm³/mol. The molecular formula is C15H20F2S. The molecule has 0 atom stereocenters. The maximum atomic E-state index is 12.2. The predicted octanol–water partition coefficient (Wildman–Crippen LogP) is 5.69. The second-order valence-corrected chi connectivity index (χ2v) is 6.14. The van der Waals surface area contributed by atoms with Crippen molar-refractivity contribution in [1.82, 2.24) is 0 Å². The van der Waals surface area contributed by atoms with E-state index in [2.05, 4.69) is 6.92 Å². The van der Waals surface area contributed by atoms with Gasteiger partial charge >= 0.3 is 0 Å². The molecular weight excluding hydrogens is 250 g/mol. The first kappa shape index (κ1) is 13.9. The summed E-state index contributed by atoms with van der Waals surface area (Å²) < 4.78 is 24.4. The molecule has 1 aromatic rings. The van der Waals surface area contributed by atoms with Gasteiger partial charge in [0, 0.05) is 4.90 Å². The summed E-state index contributed by atoms with van der Waals surface area (Å²) in [6.07, 6.45) is 6.42. The monoisotopic (exact) mass is 270 g/mol. The molecule has 0 aliphatic heterocycles. The Morgan fingerprint density at radius 1 is 1.11 bits per heavy atom. The molecule has 18 heavy (non-hydrogen) atoms.